The lowest BCUT2D eigenvalue weighted by molar-refractivity contribution is -0.385. The topological polar surface area (TPSA) is 118 Å². The molecule has 1 aromatic heterocycles. The van der Waals surface area contributed by atoms with Crippen LogP contribution in [0, 0.1) is 22.9 Å². The number of rotatable bonds is 4. The Labute approximate surface area is 112 Å². The van der Waals surface area contributed by atoms with E-state index in [1.165, 1.54) is 6.92 Å². The summed E-state index contributed by atoms with van der Waals surface area (Å²) in [5.74, 6) is -1.04. The van der Waals surface area contributed by atoms with Gasteiger partial charge in [-0.3, -0.25) is 19.9 Å². The molecule has 0 aliphatic heterocycles. The largest absolute Gasteiger partial charge is 0.281 e. The molecule has 2 N–H and O–H groups in total. The van der Waals surface area contributed by atoms with Crippen molar-refractivity contribution in [3.05, 3.63) is 46.0 Å². The fourth-order valence-corrected chi connectivity index (χ4v) is 2.72. The first-order chi connectivity index (χ1) is 9.31. The summed E-state index contributed by atoms with van der Waals surface area (Å²) in [6.07, 6.45) is 1.08. The minimum Gasteiger partial charge on any atom is -0.281 e. The van der Waals surface area contributed by atoms with Gasteiger partial charge in [0.05, 0.1) is 28.6 Å². The normalized spacial score (nSPS) is 11.3. The second-order valence-corrected chi connectivity index (χ2v) is 5.54. The van der Waals surface area contributed by atoms with Crippen molar-refractivity contribution in [2.75, 3.05) is 4.72 Å². The summed E-state index contributed by atoms with van der Waals surface area (Å²) in [5.41, 5.74) is -0.555. The second kappa shape index (κ2) is 4.89. The number of nitrogens with one attached hydrogen (secondary N) is 2. The average Bonchev–Trinajstić information content (AvgIpc) is 2.78. The number of anilines is 1. The number of nitro benzene ring substituents is 1. The van der Waals surface area contributed by atoms with Gasteiger partial charge >= 0.3 is 0 Å². The Bertz CT molecular complexity index is 771. The number of sulfonamides is 1. The van der Waals surface area contributed by atoms with Gasteiger partial charge in [0.15, 0.2) is 5.82 Å². The maximum Gasteiger partial charge on any atom is 0.272 e. The molecule has 0 bridgehead atoms. The molecule has 0 atom stereocenters. The predicted molar refractivity (Wildman–Crippen MR) is 67.2 cm³/mol. The van der Waals surface area contributed by atoms with Crippen molar-refractivity contribution in [3.8, 4) is 0 Å². The Morgan fingerprint density at radius 1 is 1.45 bits per heavy atom. The maximum atomic E-state index is 13.6. The summed E-state index contributed by atoms with van der Waals surface area (Å²) in [6.45, 7) is 1.49. The SMILES string of the molecule is Cc1[nH]ncc1S(=O)(=O)Nc1ccc([N+](=O)[O-])cc1F. The van der Waals surface area contributed by atoms with Crippen LogP contribution in [0.25, 0.3) is 0 Å². The van der Waals surface area contributed by atoms with Gasteiger partial charge in [-0.05, 0) is 13.0 Å². The minimum atomic E-state index is -4.01. The number of halogens is 1. The maximum absolute atomic E-state index is 13.6. The number of hydrogen-bond acceptors (Lipinski definition) is 5. The first-order valence-electron chi connectivity index (χ1n) is 5.28. The Morgan fingerprint density at radius 3 is 2.65 bits per heavy atom. The van der Waals surface area contributed by atoms with Gasteiger partial charge in [0, 0.05) is 6.07 Å². The Balaban J connectivity index is 2.36. The van der Waals surface area contributed by atoms with Gasteiger partial charge in [-0.1, -0.05) is 0 Å². The van der Waals surface area contributed by atoms with Crippen LogP contribution < -0.4 is 4.72 Å². The van der Waals surface area contributed by atoms with Crippen molar-refractivity contribution < 1.29 is 17.7 Å². The van der Waals surface area contributed by atoms with Crippen LogP contribution in [0.2, 0.25) is 0 Å². The lowest BCUT2D eigenvalue weighted by atomic mass is 10.3. The van der Waals surface area contributed by atoms with Gasteiger partial charge in [-0.2, -0.15) is 5.10 Å². The van der Waals surface area contributed by atoms with Crippen molar-refractivity contribution in [2.24, 2.45) is 0 Å². The Hall–Kier alpha value is -2.49. The minimum absolute atomic E-state index is 0.129. The quantitative estimate of drug-likeness (QED) is 0.656. The molecular weight excluding hydrogens is 291 g/mol. The monoisotopic (exact) mass is 300 g/mol. The van der Waals surface area contributed by atoms with Crippen molar-refractivity contribution in [1.29, 1.82) is 0 Å². The zero-order chi connectivity index (χ0) is 14.9. The molecule has 106 valence electrons. The first kappa shape index (κ1) is 13.9. The molecule has 0 radical (unpaired) electrons. The first-order valence-corrected chi connectivity index (χ1v) is 6.76. The average molecular weight is 300 g/mol. The number of hydrogen-bond donors (Lipinski definition) is 2. The molecule has 0 saturated heterocycles. The van der Waals surface area contributed by atoms with Crippen LogP contribution in [0.3, 0.4) is 0 Å². The van der Waals surface area contributed by atoms with E-state index in [4.69, 9.17) is 0 Å². The number of non-ortho nitro benzene ring substituents is 1. The molecular formula is C10H9FN4O4S. The summed E-state index contributed by atoms with van der Waals surface area (Å²) in [6, 6.07) is 2.63. The van der Waals surface area contributed by atoms with E-state index < -0.39 is 26.5 Å². The number of H-pyrrole nitrogens is 1. The zero-order valence-electron chi connectivity index (χ0n) is 10.1. The van der Waals surface area contributed by atoms with Crippen molar-refractivity contribution in [3.63, 3.8) is 0 Å². The molecule has 10 heteroatoms. The Kier molecular flexibility index (Phi) is 3.40. The van der Waals surface area contributed by atoms with Gasteiger partial charge in [0.1, 0.15) is 4.90 Å². The van der Waals surface area contributed by atoms with Crippen LogP contribution in [0.15, 0.2) is 29.3 Å². The summed E-state index contributed by atoms with van der Waals surface area (Å²) in [5, 5.41) is 16.5. The van der Waals surface area contributed by atoms with Gasteiger partial charge in [0.25, 0.3) is 15.7 Å². The van der Waals surface area contributed by atoms with Gasteiger partial charge in [-0.25, -0.2) is 12.8 Å². The smallest absolute Gasteiger partial charge is 0.272 e. The fraction of sp³-hybridized carbons (Fsp3) is 0.100. The molecule has 0 aliphatic carbocycles. The van der Waals surface area contributed by atoms with Gasteiger partial charge in [0.2, 0.25) is 0 Å². The molecule has 20 heavy (non-hydrogen) atoms. The van der Waals surface area contributed by atoms with Crippen LogP contribution in [0.1, 0.15) is 5.69 Å². The van der Waals surface area contributed by atoms with E-state index in [1.54, 1.807) is 0 Å². The summed E-state index contributed by atoms with van der Waals surface area (Å²) >= 11 is 0. The molecule has 0 unspecified atom stereocenters. The lowest BCUT2D eigenvalue weighted by Crippen LogP contribution is -2.14. The molecule has 0 fully saturated rings. The van der Waals surface area contributed by atoms with Crippen molar-refractivity contribution in [1.82, 2.24) is 10.2 Å². The number of aromatic nitrogens is 2. The van der Waals surface area contributed by atoms with Crippen LogP contribution in [0.4, 0.5) is 15.8 Å². The van der Waals surface area contributed by atoms with E-state index >= 15 is 0 Å². The van der Waals surface area contributed by atoms with Crippen LogP contribution in [-0.4, -0.2) is 23.5 Å². The van der Waals surface area contributed by atoms with Crippen molar-refractivity contribution in [2.45, 2.75) is 11.8 Å². The number of nitrogens with zero attached hydrogens (tertiary/aromatic N) is 2. The van der Waals surface area contributed by atoms with Crippen molar-refractivity contribution >= 4 is 21.4 Å². The summed E-state index contributed by atoms with van der Waals surface area (Å²) in [4.78, 5) is 9.56. The van der Waals surface area contributed by atoms with E-state index in [0.29, 0.717) is 11.8 Å². The highest BCUT2D eigenvalue weighted by molar-refractivity contribution is 7.92. The molecule has 0 amide bonds. The van der Waals surface area contributed by atoms with Crippen LogP contribution >= 0.6 is 0 Å². The highest BCUT2D eigenvalue weighted by Gasteiger charge is 2.21. The highest BCUT2D eigenvalue weighted by atomic mass is 32.2. The molecule has 2 aromatic rings. The lowest BCUT2D eigenvalue weighted by Gasteiger charge is -2.07. The van der Waals surface area contributed by atoms with Crippen LogP contribution in [0.5, 0.6) is 0 Å². The van der Waals surface area contributed by atoms with Crippen LogP contribution in [-0.2, 0) is 10.0 Å². The third kappa shape index (κ3) is 2.59. The molecule has 0 aliphatic rings. The van der Waals surface area contributed by atoms with E-state index in [2.05, 4.69) is 10.2 Å². The Morgan fingerprint density at radius 2 is 2.15 bits per heavy atom. The predicted octanol–water partition coefficient (Wildman–Crippen LogP) is 1.57. The number of nitro groups is 1. The molecule has 1 aromatic carbocycles. The highest BCUT2D eigenvalue weighted by Crippen LogP contribution is 2.23. The van der Waals surface area contributed by atoms with E-state index in [-0.39, 0.29) is 10.6 Å². The summed E-state index contributed by atoms with van der Waals surface area (Å²) in [7, 11) is -4.01. The molecule has 2 rings (SSSR count). The number of aryl methyl sites for hydroxylation is 1. The number of benzene rings is 1. The molecule has 1 heterocycles. The fourth-order valence-electron chi connectivity index (χ4n) is 1.51. The zero-order valence-corrected chi connectivity index (χ0v) is 10.9. The van der Waals surface area contributed by atoms with E-state index in [1.807, 2.05) is 4.72 Å². The standard InChI is InChI=1S/C10H9FN4O4S/c1-6-10(5-12-13-6)20(18,19)14-9-3-2-7(15(16)17)4-8(9)11/h2-5,14H,1H3,(H,12,13). The third-order valence-electron chi connectivity index (χ3n) is 2.48. The van der Waals surface area contributed by atoms with Gasteiger partial charge < -0.3 is 0 Å². The third-order valence-corrected chi connectivity index (χ3v) is 3.96. The molecule has 8 nitrogen and oxygen atoms in total. The molecule has 0 saturated carbocycles. The summed E-state index contributed by atoms with van der Waals surface area (Å²) < 4.78 is 39.6. The van der Waals surface area contributed by atoms with Gasteiger partial charge in [-0.15, -0.1) is 0 Å². The van der Waals surface area contributed by atoms with E-state index in [0.717, 1.165) is 18.3 Å². The number of aromatic amines is 1. The van der Waals surface area contributed by atoms with E-state index in [9.17, 15) is 22.9 Å². The molecule has 0 spiro atoms. The second-order valence-electron chi connectivity index (χ2n) is 3.89.